The van der Waals surface area contributed by atoms with Crippen LogP contribution in [0.2, 0.25) is 5.02 Å². The summed E-state index contributed by atoms with van der Waals surface area (Å²) in [5.41, 5.74) is 1.42. The molecule has 0 amide bonds. The minimum atomic E-state index is 0.394. The van der Waals surface area contributed by atoms with Gasteiger partial charge >= 0.3 is 0 Å². The Hall–Kier alpha value is -1.25. The lowest BCUT2D eigenvalue weighted by atomic mass is 10.1. The van der Waals surface area contributed by atoms with Gasteiger partial charge in [0.25, 0.3) is 0 Å². The molecule has 2 rings (SSSR count). The summed E-state index contributed by atoms with van der Waals surface area (Å²) in [6.45, 7) is 0.394. The first-order chi connectivity index (χ1) is 8.69. The van der Waals surface area contributed by atoms with E-state index in [9.17, 15) is 0 Å². The van der Waals surface area contributed by atoms with Gasteiger partial charge < -0.3 is 4.74 Å². The molecular weight excluding hydrogens is 361 g/mol. The average molecular weight is 370 g/mol. The molecular formula is C14H9ClINO. The summed E-state index contributed by atoms with van der Waals surface area (Å²) in [5.74, 6) is 0.802. The number of nitriles is 1. The molecule has 0 aliphatic carbocycles. The molecule has 0 bridgehead atoms. The standard InChI is InChI=1S/C14H9ClINO/c15-14-7-10(8-17)1-2-11(14)9-18-13-5-3-12(16)4-6-13/h1-7H,9H2. The number of hydrogen-bond donors (Lipinski definition) is 0. The molecule has 2 nitrogen and oxygen atoms in total. The van der Waals surface area contributed by atoms with Crippen LogP contribution < -0.4 is 4.74 Å². The van der Waals surface area contributed by atoms with Crippen LogP contribution >= 0.6 is 34.2 Å². The van der Waals surface area contributed by atoms with Gasteiger partial charge in [-0.25, -0.2) is 0 Å². The van der Waals surface area contributed by atoms with Crippen LogP contribution in [0.4, 0.5) is 0 Å². The molecule has 0 heterocycles. The number of benzene rings is 2. The third-order valence-electron chi connectivity index (χ3n) is 2.39. The predicted octanol–water partition coefficient (Wildman–Crippen LogP) is 4.40. The molecule has 0 unspecified atom stereocenters. The first kappa shape index (κ1) is 13.2. The molecule has 0 saturated carbocycles. The maximum absolute atomic E-state index is 8.75. The van der Waals surface area contributed by atoms with Gasteiger partial charge in [0, 0.05) is 14.2 Å². The third-order valence-corrected chi connectivity index (χ3v) is 3.46. The lowest BCUT2D eigenvalue weighted by molar-refractivity contribution is 0.306. The topological polar surface area (TPSA) is 33.0 Å². The van der Waals surface area contributed by atoms with Crippen LogP contribution in [0, 0.1) is 14.9 Å². The van der Waals surface area contributed by atoms with Crippen LogP contribution in [0.25, 0.3) is 0 Å². The first-order valence-electron chi connectivity index (χ1n) is 5.26. The predicted molar refractivity (Wildman–Crippen MR) is 79.7 cm³/mol. The van der Waals surface area contributed by atoms with Crippen molar-refractivity contribution in [2.75, 3.05) is 0 Å². The van der Waals surface area contributed by atoms with E-state index in [0.717, 1.165) is 14.9 Å². The van der Waals surface area contributed by atoms with E-state index in [4.69, 9.17) is 21.6 Å². The fourth-order valence-corrected chi connectivity index (χ4v) is 2.02. The van der Waals surface area contributed by atoms with E-state index in [1.807, 2.05) is 36.4 Å². The molecule has 0 aromatic heterocycles. The molecule has 0 spiro atoms. The van der Waals surface area contributed by atoms with Crippen molar-refractivity contribution in [3.63, 3.8) is 0 Å². The minimum absolute atomic E-state index is 0.394. The number of rotatable bonds is 3. The third kappa shape index (κ3) is 3.37. The van der Waals surface area contributed by atoms with Crippen molar-refractivity contribution in [2.24, 2.45) is 0 Å². The molecule has 18 heavy (non-hydrogen) atoms. The van der Waals surface area contributed by atoms with E-state index in [0.29, 0.717) is 17.2 Å². The van der Waals surface area contributed by atoms with Crippen LogP contribution in [-0.2, 0) is 6.61 Å². The van der Waals surface area contributed by atoms with Crippen molar-refractivity contribution >= 4 is 34.2 Å². The zero-order valence-corrected chi connectivity index (χ0v) is 12.3. The molecule has 0 aliphatic rings. The molecule has 4 heteroatoms. The second-order valence-corrected chi connectivity index (χ2v) is 5.31. The van der Waals surface area contributed by atoms with Crippen molar-refractivity contribution < 1.29 is 4.74 Å². The zero-order chi connectivity index (χ0) is 13.0. The van der Waals surface area contributed by atoms with Crippen molar-refractivity contribution in [1.29, 1.82) is 5.26 Å². The highest BCUT2D eigenvalue weighted by molar-refractivity contribution is 14.1. The van der Waals surface area contributed by atoms with Crippen molar-refractivity contribution in [3.05, 3.63) is 62.2 Å². The fourth-order valence-electron chi connectivity index (χ4n) is 1.43. The van der Waals surface area contributed by atoms with Crippen molar-refractivity contribution in [3.8, 4) is 11.8 Å². The molecule has 0 radical (unpaired) electrons. The van der Waals surface area contributed by atoms with Gasteiger partial charge in [0.1, 0.15) is 12.4 Å². The molecule has 2 aromatic carbocycles. The van der Waals surface area contributed by atoms with E-state index in [2.05, 4.69) is 22.6 Å². The molecule has 2 aromatic rings. The van der Waals surface area contributed by atoms with Crippen LogP contribution in [0.3, 0.4) is 0 Å². The Morgan fingerprint density at radius 3 is 2.50 bits per heavy atom. The van der Waals surface area contributed by atoms with Crippen molar-refractivity contribution in [1.82, 2.24) is 0 Å². The second-order valence-electron chi connectivity index (χ2n) is 3.66. The average Bonchev–Trinajstić information content (AvgIpc) is 2.39. The molecule has 0 aliphatic heterocycles. The van der Waals surface area contributed by atoms with Gasteiger partial charge in [-0.1, -0.05) is 17.7 Å². The fraction of sp³-hybridized carbons (Fsp3) is 0.0714. The quantitative estimate of drug-likeness (QED) is 0.752. The highest BCUT2D eigenvalue weighted by Gasteiger charge is 2.03. The monoisotopic (exact) mass is 369 g/mol. The van der Waals surface area contributed by atoms with E-state index >= 15 is 0 Å². The number of hydrogen-bond acceptors (Lipinski definition) is 2. The highest BCUT2D eigenvalue weighted by atomic mass is 127. The Labute approximate surface area is 124 Å². The first-order valence-corrected chi connectivity index (χ1v) is 6.71. The lowest BCUT2D eigenvalue weighted by Crippen LogP contribution is -1.96. The van der Waals surface area contributed by atoms with Gasteiger partial charge in [0.05, 0.1) is 11.6 Å². The van der Waals surface area contributed by atoms with Gasteiger partial charge in [-0.05, 0) is 59.0 Å². The Bertz CT molecular complexity index is 590. The molecule has 90 valence electrons. The highest BCUT2D eigenvalue weighted by Crippen LogP contribution is 2.20. The SMILES string of the molecule is N#Cc1ccc(COc2ccc(I)cc2)c(Cl)c1. The Balaban J connectivity index is 2.06. The molecule has 0 saturated heterocycles. The summed E-state index contributed by atoms with van der Waals surface area (Å²) in [6.07, 6.45) is 0. The number of halogens is 2. The van der Waals surface area contributed by atoms with E-state index < -0.39 is 0 Å². The number of ether oxygens (including phenoxy) is 1. The molecule has 0 N–H and O–H groups in total. The van der Waals surface area contributed by atoms with E-state index in [-0.39, 0.29) is 0 Å². The maximum atomic E-state index is 8.75. The largest absolute Gasteiger partial charge is 0.489 e. The summed E-state index contributed by atoms with van der Waals surface area (Å²) in [5, 5.41) is 9.30. The Kier molecular flexibility index (Phi) is 4.45. The van der Waals surface area contributed by atoms with Crippen LogP contribution in [0.1, 0.15) is 11.1 Å². The van der Waals surface area contributed by atoms with Gasteiger partial charge in [-0.2, -0.15) is 5.26 Å². The minimum Gasteiger partial charge on any atom is -0.489 e. The van der Waals surface area contributed by atoms with E-state index in [1.165, 1.54) is 0 Å². The normalized spacial score (nSPS) is 9.83. The van der Waals surface area contributed by atoms with Gasteiger partial charge in [0.15, 0.2) is 0 Å². The summed E-state index contributed by atoms with van der Waals surface area (Å²) >= 11 is 8.31. The van der Waals surface area contributed by atoms with Gasteiger partial charge in [-0.3, -0.25) is 0 Å². The molecule has 0 fully saturated rings. The summed E-state index contributed by atoms with van der Waals surface area (Å²) < 4.78 is 6.79. The maximum Gasteiger partial charge on any atom is 0.119 e. The van der Waals surface area contributed by atoms with Gasteiger partial charge in [0.2, 0.25) is 0 Å². The number of nitrogens with zero attached hydrogens (tertiary/aromatic N) is 1. The zero-order valence-electron chi connectivity index (χ0n) is 9.36. The Morgan fingerprint density at radius 1 is 1.17 bits per heavy atom. The summed E-state index contributed by atoms with van der Waals surface area (Å²) in [6, 6.07) is 15.0. The van der Waals surface area contributed by atoms with Crippen LogP contribution in [0.15, 0.2) is 42.5 Å². The van der Waals surface area contributed by atoms with Crippen LogP contribution in [0.5, 0.6) is 5.75 Å². The summed E-state index contributed by atoms with van der Waals surface area (Å²) in [7, 11) is 0. The Morgan fingerprint density at radius 2 is 1.89 bits per heavy atom. The second kappa shape index (κ2) is 6.07. The molecule has 0 atom stereocenters. The van der Waals surface area contributed by atoms with Gasteiger partial charge in [-0.15, -0.1) is 0 Å². The smallest absolute Gasteiger partial charge is 0.119 e. The summed E-state index contributed by atoms with van der Waals surface area (Å²) in [4.78, 5) is 0. The lowest BCUT2D eigenvalue weighted by Gasteiger charge is -2.08. The van der Waals surface area contributed by atoms with Crippen LogP contribution in [-0.4, -0.2) is 0 Å². The van der Waals surface area contributed by atoms with E-state index in [1.54, 1.807) is 12.1 Å². The van der Waals surface area contributed by atoms with Crippen molar-refractivity contribution in [2.45, 2.75) is 6.61 Å².